The Bertz CT molecular complexity index is 518. The standard InChI is InChI=1S/C17H22N2OS/c1-13-2-4-15(5-3-13)21-11-8-17(20)18-16-12-19-9-6-14(16)7-10-19/h2-5,8,11,14,16H,6-7,9-10,12H2,1H3,(H,18,20)/b11-8+/t16-/m0/s1. The van der Waals surface area contributed by atoms with Gasteiger partial charge in [0.05, 0.1) is 0 Å². The normalized spacial score (nSPS) is 28.0. The Morgan fingerprint density at radius 2 is 2.00 bits per heavy atom. The molecule has 3 aliphatic rings. The van der Waals surface area contributed by atoms with Crippen LogP contribution < -0.4 is 5.32 Å². The van der Waals surface area contributed by atoms with Gasteiger partial charge in [0.25, 0.3) is 0 Å². The fourth-order valence-corrected chi connectivity index (χ4v) is 3.79. The quantitative estimate of drug-likeness (QED) is 0.686. The molecule has 3 aliphatic heterocycles. The number of carbonyl (C=O) groups excluding carboxylic acids is 1. The molecule has 3 fully saturated rings. The van der Waals surface area contributed by atoms with E-state index in [9.17, 15) is 4.79 Å². The maximum atomic E-state index is 12.0. The summed E-state index contributed by atoms with van der Waals surface area (Å²) in [5.74, 6) is 0.713. The van der Waals surface area contributed by atoms with Crippen LogP contribution in [0.1, 0.15) is 18.4 Å². The van der Waals surface area contributed by atoms with Gasteiger partial charge in [0.1, 0.15) is 0 Å². The number of hydrogen-bond acceptors (Lipinski definition) is 3. The zero-order valence-corrected chi connectivity index (χ0v) is 13.2. The van der Waals surface area contributed by atoms with E-state index in [0.717, 1.165) is 11.4 Å². The van der Waals surface area contributed by atoms with Crippen LogP contribution in [0.3, 0.4) is 0 Å². The second-order valence-corrected chi connectivity index (χ2v) is 6.97. The third kappa shape index (κ3) is 3.89. The summed E-state index contributed by atoms with van der Waals surface area (Å²) >= 11 is 1.58. The Balaban J connectivity index is 1.47. The van der Waals surface area contributed by atoms with Crippen LogP contribution in [0.2, 0.25) is 0 Å². The zero-order chi connectivity index (χ0) is 14.7. The predicted molar refractivity (Wildman–Crippen MR) is 87.3 cm³/mol. The van der Waals surface area contributed by atoms with E-state index < -0.39 is 0 Å². The van der Waals surface area contributed by atoms with Gasteiger partial charge in [-0.25, -0.2) is 0 Å². The van der Waals surface area contributed by atoms with Crippen molar-refractivity contribution in [1.82, 2.24) is 10.2 Å². The van der Waals surface area contributed by atoms with Crippen molar-refractivity contribution in [3.63, 3.8) is 0 Å². The average molecular weight is 302 g/mol. The Hall–Kier alpha value is -1.26. The molecule has 4 heteroatoms. The molecule has 4 rings (SSSR count). The minimum Gasteiger partial charge on any atom is -0.348 e. The van der Waals surface area contributed by atoms with Crippen LogP contribution >= 0.6 is 11.8 Å². The fourth-order valence-electron chi connectivity index (χ4n) is 3.15. The van der Waals surface area contributed by atoms with Gasteiger partial charge in [-0.3, -0.25) is 4.79 Å². The molecule has 0 aromatic heterocycles. The van der Waals surface area contributed by atoms with Crippen molar-refractivity contribution in [2.45, 2.75) is 30.7 Å². The first-order chi connectivity index (χ1) is 10.2. The zero-order valence-electron chi connectivity index (χ0n) is 12.4. The summed E-state index contributed by atoms with van der Waals surface area (Å²) in [5.41, 5.74) is 1.25. The average Bonchev–Trinajstić information content (AvgIpc) is 2.50. The van der Waals surface area contributed by atoms with Crippen LogP contribution in [0.15, 0.2) is 40.6 Å². The summed E-state index contributed by atoms with van der Waals surface area (Å²) < 4.78 is 0. The smallest absolute Gasteiger partial charge is 0.244 e. The highest BCUT2D eigenvalue weighted by Crippen LogP contribution is 2.27. The summed E-state index contributed by atoms with van der Waals surface area (Å²) in [7, 11) is 0. The largest absolute Gasteiger partial charge is 0.348 e. The molecule has 3 saturated heterocycles. The van der Waals surface area contributed by atoms with Crippen LogP contribution in [0, 0.1) is 12.8 Å². The SMILES string of the molecule is Cc1ccc(S/C=C/C(=O)N[C@H]2CN3CCC2CC3)cc1. The Morgan fingerprint density at radius 1 is 1.29 bits per heavy atom. The van der Waals surface area contributed by atoms with Crippen molar-refractivity contribution in [3.05, 3.63) is 41.3 Å². The van der Waals surface area contributed by atoms with E-state index >= 15 is 0 Å². The maximum Gasteiger partial charge on any atom is 0.244 e. The van der Waals surface area contributed by atoms with Crippen LogP contribution in [-0.4, -0.2) is 36.5 Å². The van der Waals surface area contributed by atoms with Gasteiger partial charge < -0.3 is 10.2 Å². The number of benzene rings is 1. The number of aryl methyl sites for hydroxylation is 1. The molecule has 112 valence electrons. The van der Waals surface area contributed by atoms with Gasteiger partial charge in [-0.15, -0.1) is 0 Å². The number of hydrogen-bond donors (Lipinski definition) is 1. The minimum atomic E-state index is 0.0355. The van der Waals surface area contributed by atoms with Gasteiger partial charge >= 0.3 is 0 Å². The Morgan fingerprint density at radius 3 is 2.62 bits per heavy atom. The molecule has 1 aromatic carbocycles. The molecule has 1 N–H and O–H groups in total. The minimum absolute atomic E-state index is 0.0355. The third-order valence-electron chi connectivity index (χ3n) is 4.43. The van der Waals surface area contributed by atoms with E-state index in [1.54, 1.807) is 17.8 Å². The highest BCUT2D eigenvalue weighted by atomic mass is 32.2. The molecule has 3 nitrogen and oxygen atoms in total. The topological polar surface area (TPSA) is 32.3 Å². The number of rotatable bonds is 4. The second-order valence-electron chi connectivity index (χ2n) is 5.99. The van der Waals surface area contributed by atoms with E-state index in [1.807, 2.05) is 5.41 Å². The molecule has 21 heavy (non-hydrogen) atoms. The first kappa shape index (κ1) is 14.7. The number of thioether (sulfide) groups is 1. The van der Waals surface area contributed by atoms with Crippen molar-refractivity contribution in [2.75, 3.05) is 19.6 Å². The van der Waals surface area contributed by atoms with Crippen molar-refractivity contribution < 1.29 is 4.79 Å². The van der Waals surface area contributed by atoms with Crippen molar-refractivity contribution in [1.29, 1.82) is 0 Å². The molecule has 2 bridgehead atoms. The molecule has 0 aliphatic carbocycles. The summed E-state index contributed by atoms with van der Waals surface area (Å²) in [6.45, 7) is 5.51. The lowest BCUT2D eigenvalue weighted by atomic mass is 9.84. The van der Waals surface area contributed by atoms with Gasteiger partial charge in [-0.1, -0.05) is 29.5 Å². The molecule has 1 atom stereocenters. The third-order valence-corrected chi connectivity index (χ3v) is 5.24. The number of carbonyl (C=O) groups is 1. The lowest BCUT2D eigenvalue weighted by Crippen LogP contribution is -2.57. The Labute approximate surface area is 130 Å². The van der Waals surface area contributed by atoms with Crippen LogP contribution in [0.4, 0.5) is 0 Å². The molecule has 1 aromatic rings. The van der Waals surface area contributed by atoms with Gasteiger partial charge in [0.15, 0.2) is 0 Å². The summed E-state index contributed by atoms with van der Waals surface area (Å²) in [4.78, 5) is 15.6. The summed E-state index contributed by atoms with van der Waals surface area (Å²) in [6, 6.07) is 8.67. The number of fused-ring (bicyclic) bond motifs is 3. The number of piperidine rings is 3. The van der Waals surface area contributed by atoms with Gasteiger partial charge in [-0.05, 0) is 56.3 Å². The number of nitrogens with zero attached hydrogens (tertiary/aromatic N) is 1. The molecule has 1 amide bonds. The highest BCUT2D eigenvalue weighted by Gasteiger charge is 2.34. The van der Waals surface area contributed by atoms with Gasteiger partial charge in [0.2, 0.25) is 5.91 Å². The van der Waals surface area contributed by atoms with Crippen molar-refractivity contribution in [2.24, 2.45) is 5.92 Å². The van der Waals surface area contributed by atoms with E-state index in [4.69, 9.17) is 0 Å². The lowest BCUT2D eigenvalue weighted by Gasteiger charge is -2.44. The van der Waals surface area contributed by atoms with Gasteiger partial charge in [0, 0.05) is 23.6 Å². The van der Waals surface area contributed by atoms with Crippen molar-refractivity contribution in [3.8, 4) is 0 Å². The second kappa shape index (κ2) is 6.67. The summed E-state index contributed by atoms with van der Waals surface area (Å²) in [5, 5.41) is 5.04. The van der Waals surface area contributed by atoms with Crippen molar-refractivity contribution >= 4 is 17.7 Å². The van der Waals surface area contributed by atoms with E-state index in [0.29, 0.717) is 12.0 Å². The van der Waals surface area contributed by atoms with Crippen LogP contribution in [-0.2, 0) is 4.79 Å². The first-order valence-corrected chi connectivity index (χ1v) is 8.51. The molecule has 0 saturated carbocycles. The maximum absolute atomic E-state index is 12.0. The molecule has 3 heterocycles. The van der Waals surface area contributed by atoms with E-state index in [1.165, 1.54) is 31.5 Å². The Kier molecular flexibility index (Phi) is 4.66. The molecule has 0 unspecified atom stereocenters. The molecular weight excluding hydrogens is 280 g/mol. The number of amides is 1. The van der Waals surface area contributed by atoms with Crippen LogP contribution in [0.5, 0.6) is 0 Å². The number of nitrogens with one attached hydrogen (secondary N) is 1. The lowest BCUT2D eigenvalue weighted by molar-refractivity contribution is -0.118. The van der Waals surface area contributed by atoms with Crippen LogP contribution in [0.25, 0.3) is 0 Å². The van der Waals surface area contributed by atoms with E-state index in [2.05, 4.69) is 41.4 Å². The summed E-state index contributed by atoms with van der Waals surface area (Å²) in [6.07, 6.45) is 4.11. The molecule has 0 spiro atoms. The fraction of sp³-hybridized carbons (Fsp3) is 0.471. The highest BCUT2D eigenvalue weighted by molar-refractivity contribution is 8.02. The monoisotopic (exact) mass is 302 g/mol. The first-order valence-electron chi connectivity index (χ1n) is 7.63. The van der Waals surface area contributed by atoms with E-state index in [-0.39, 0.29) is 5.91 Å². The van der Waals surface area contributed by atoms with Gasteiger partial charge in [-0.2, -0.15) is 0 Å². The predicted octanol–water partition coefficient (Wildman–Crippen LogP) is 2.81. The molecule has 0 radical (unpaired) electrons. The molecular formula is C17H22N2OS.